The fraction of sp³-hybridized carbons (Fsp3) is 0.267. The molecule has 7 nitrogen and oxygen atoms in total. The molecule has 2 heterocycles. The number of hydrogen-bond acceptors (Lipinski definition) is 5. The van der Waals surface area contributed by atoms with Crippen molar-refractivity contribution < 1.29 is 9.53 Å². The maximum atomic E-state index is 12.5. The third-order valence-electron chi connectivity index (χ3n) is 6.82. The van der Waals surface area contributed by atoms with Crippen molar-refractivity contribution in [3.8, 4) is 5.75 Å². The number of nitrogens with one attached hydrogen (secondary N) is 2. The highest BCUT2D eigenvalue weighted by atomic mass is 16.5. The van der Waals surface area contributed by atoms with E-state index in [1.165, 1.54) is 16.6 Å². The molecule has 5 rings (SSSR count). The molecule has 7 heteroatoms. The van der Waals surface area contributed by atoms with E-state index in [2.05, 4.69) is 61.8 Å². The van der Waals surface area contributed by atoms with Crippen LogP contribution in [-0.2, 0) is 6.42 Å². The number of urea groups is 1. The van der Waals surface area contributed by atoms with Gasteiger partial charge in [0.05, 0.1) is 18.3 Å². The zero-order chi connectivity index (χ0) is 25.6. The SMILES string of the molecule is COc1ccccc1NC(=O)Nc1cccc(CCN2CCN(c3cccc4nc(C)ccc34)CC2)c1. The van der Waals surface area contributed by atoms with Crippen LogP contribution in [0.25, 0.3) is 10.9 Å². The van der Waals surface area contributed by atoms with E-state index in [0.29, 0.717) is 11.4 Å². The monoisotopic (exact) mass is 495 g/mol. The molecule has 1 aliphatic heterocycles. The Labute approximate surface area is 218 Å². The molecule has 0 unspecified atom stereocenters. The van der Waals surface area contributed by atoms with Gasteiger partial charge in [-0.1, -0.05) is 30.3 Å². The van der Waals surface area contributed by atoms with E-state index in [1.54, 1.807) is 7.11 Å². The van der Waals surface area contributed by atoms with Crippen LogP contribution in [0.1, 0.15) is 11.3 Å². The van der Waals surface area contributed by atoms with Gasteiger partial charge in [-0.3, -0.25) is 9.88 Å². The Kier molecular flexibility index (Phi) is 7.51. The number of aromatic nitrogens is 1. The fourth-order valence-corrected chi connectivity index (χ4v) is 4.85. The quantitative estimate of drug-likeness (QED) is 0.351. The van der Waals surface area contributed by atoms with Crippen molar-refractivity contribution in [3.63, 3.8) is 0 Å². The van der Waals surface area contributed by atoms with Gasteiger partial charge >= 0.3 is 6.03 Å². The second-order valence-electron chi connectivity index (χ2n) is 9.35. The molecule has 0 spiro atoms. The molecule has 3 aromatic carbocycles. The Morgan fingerprint density at radius 1 is 0.919 bits per heavy atom. The maximum Gasteiger partial charge on any atom is 0.323 e. The minimum absolute atomic E-state index is 0.295. The standard InChI is InChI=1S/C30H33N5O2/c1-22-13-14-25-26(31-22)10-6-11-28(25)35-19-17-34(18-20-35)16-15-23-7-5-8-24(21-23)32-30(36)33-27-9-3-4-12-29(27)37-2/h3-14,21H,15-20H2,1-2H3,(H2,32,33,36). The van der Waals surface area contributed by atoms with Crippen LogP contribution in [0.2, 0.25) is 0 Å². The van der Waals surface area contributed by atoms with Crippen molar-refractivity contribution in [3.05, 3.63) is 90.1 Å². The zero-order valence-electron chi connectivity index (χ0n) is 21.4. The van der Waals surface area contributed by atoms with Crippen LogP contribution in [0.5, 0.6) is 5.75 Å². The van der Waals surface area contributed by atoms with Crippen molar-refractivity contribution in [2.75, 3.05) is 55.4 Å². The Hall–Kier alpha value is -4.10. The molecular weight excluding hydrogens is 462 g/mol. The number of carbonyl (C=O) groups excluding carboxylic acids is 1. The number of nitrogens with zero attached hydrogens (tertiary/aromatic N) is 3. The first kappa shape index (κ1) is 24.6. The minimum atomic E-state index is -0.295. The number of aryl methyl sites for hydroxylation is 1. The van der Waals surface area contributed by atoms with Crippen LogP contribution in [0.4, 0.5) is 21.9 Å². The Balaban J connectivity index is 1.13. The van der Waals surface area contributed by atoms with Gasteiger partial charge < -0.3 is 20.3 Å². The van der Waals surface area contributed by atoms with Gasteiger partial charge in [-0.05, 0) is 67.4 Å². The van der Waals surface area contributed by atoms with Crippen molar-refractivity contribution in [2.24, 2.45) is 0 Å². The molecular formula is C30H33N5O2. The number of benzene rings is 3. The Morgan fingerprint density at radius 3 is 2.57 bits per heavy atom. The first-order chi connectivity index (χ1) is 18.1. The summed E-state index contributed by atoms with van der Waals surface area (Å²) < 4.78 is 5.31. The minimum Gasteiger partial charge on any atom is -0.495 e. The molecule has 4 aromatic rings. The van der Waals surface area contributed by atoms with Crippen LogP contribution in [0.15, 0.2) is 78.9 Å². The topological polar surface area (TPSA) is 69.7 Å². The van der Waals surface area contributed by atoms with Gasteiger partial charge in [0.1, 0.15) is 5.75 Å². The smallest absolute Gasteiger partial charge is 0.323 e. The zero-order valence-corrected chi connectivity index (χ0v) is 21.4. The molecule has 0 saturated carbocycles. The predicted molar refractivity (Wildman–Crippen MR) is 151 cm³/mol. The molecule has 0 radical (unpaired) electrons. The lowest BCUT2D eigenvalue weighted by atomic mass is 10.1. The average molecular weight is 496 g/mol. The number of para-hydroxylation sites is 2. The summed E-state index contributed by atoms with van der Waals surface area (Å²) >= 11 is 0. The summed E-state index contributed by atoms with van der Waals surface area (Å²) in [5.74, 6) is 0.624. The molecule has 1 aliphatic rings. The van der Waals surface area contributed by atoms with Crippen molar-refractivity contribution in [2.45, 2.75) is 13.3 Å². The molecule has 0 aliphatic carbocycles. The number of carbonyl (C=O) groups is 1. The summed E-state index contributed by atoms with van der Waals surface area (Å²) in [6.45, 7) is 7.06. The number of rotatable bonds is 7. The van der Waals surface area contributed by atoms with Crippen LogP contribution >= 0.6 is 0 Å². The van der Waals surface area contributed by atoms with Gasteiger partial charge in [0, 0.05) is 55.2 Å². The number of anilines is 3. The van der Waals surface area contributed by atoms with Gasteiger partial charge in [-0.15, -0.1) is 0 Å². The summed E-state index contributed by atoms with van der Waals surface area (Å²) in [7, 11) is 1.59. The van der Waals surface area contributed by atoms with Crippen LogP contribution in [0, 0.1) is 6.92 Å². The van der Waals surface area contributed by atoms with E-state index in [4.69, 9.17) is 4.74 Å². The van der Waals surface area contributed by atoms with Crippen molar-refractivity contribution >= 4 is 34.0 Å². The van der Waals surface area contributed by atoms with Crippen molar-refractivity contribution in [1.29, 1.82) is 0 Å². The summed E-state index contributed by atoms with van der Waals surface area (Å²) in [5, 5.41) is 7.01. The van der Waals surface area contributed by atoms with Crippen molar-refractivity contribution in [1.82, 2.24) is 9.88 Å². The average Bonchev–Trinajstić information content (AvgIpc) is 2.92. The third-order valence-corrected chi connectivity index (χ3v) is 6.82. The van der Waals surface area contributed by atoms with Crippen LogP contribution < -0.4 is 20.3 Å². The summed E-state index contributed by atoms with van der Waals surface area (Å²) in [5.41, 5.74) is 5.99. The van der Waals surface area contributed by atoms with Crippen LogP contribution in [-0.4, -0.2) is 55.7 Å². The number of piperazine rings is 1. The molecule has 1 fully saturated rings. The van der Waals surface area contributed by atoms with E-state index in [9.17, 15) is 4.79 Å². The first-order valence-electron chi connectivity index (χ1n) is 12.7. The molecule has 37 heavy (non-hydrogen) atoms. The molecule has 190 valence electrons. The normalized spacial score (nSPS) is 13.9. The van der Waals surface area contributed by atoms with Crippen LogP contribution in [0.3, 0.4) is 0 Å². The number of hydrogen-bond donors (Lipinski definition) is 2. The largest absolute Gasteiger partial charge is 0.495 e. The number of methoxy groups -OCH3 is 1. The highest BCUT2D eigenvalue weighted by molar-refractivity contribution is 6.00. The van der Waals surface area contributed by atoms with Gasteiger partial charge in [0.2, 0.25) is 0 Å². The van der Waals surface area contributed by atoms with E-state index in [1.807, 2.05) is 49.4 Å². The lowest BCUT2D eigenvalue weighted by molar-refractivity contribution is 0.261. The highest BCUT2D eigenvalue weighted by Crippen LogP contribution is 2.27. The number of ether oxygens (including phenoxy) is 1. The van der Waals surface area contributed by atoms with E-state index in [0.717, 1.165) is 56.0 Å². The third kappa shape index (κ3) is 6.01. The molecule has 2 amide bonds. The molecule has 0 bridgehead atoms. The van der Waals surface area contributed by atoms with Gasteiger partial charge in [-0.2, -0.15) is 0 Å². The number of pyridine rings is 1. The van der Waals surface area contributed by atoms with Gasteiger partial charge in [0.25, 0.3) is 0 Å². The first-order valence-corrected chi connectivity index (χ1v) is 12.7. The predicted octanol–water partition coefficient (Wildman–Crippen LogP) is 5.56. The molecule has 1 saturated heterocycles. The Bertz CT molecular complexity index is 1380. The number of amides is 2. The second-order valence-corrected chi connectivity index (χ2v) is 9.35. The maximum absolute atomic E-state index is 12.5. The molecule has 0 atom stereocenters. The van der Waals surface area contributed by atoms with Gasteiger partial charge in [0.15, 0.2) is 0 Å². The lowest BCUT2D eigenvalue weighted by Gasteiger charge is -2.36. The second kappa shape index (κ2) is 11.3. The summed E-state index contributed by atoms with van der Waals surface area (Å²) in [6.07, 6.45) is 0.932. The highest BCUT2D eigenvalue weighted by Gasteiger charge is 2.19. The van der Waals surface area contributed by atoms with E-state index >= 15 is 0 Å². The van der Waals surface area contributed by atoms with Gasteiger partial charge in [-0.25, -0.2) is 4.79 Å². The fourth-order valence-electron chi connectivity index (χ4n) is 4.85. The Morgan fingerprint density at radius 2 is 1.73 bits per heavy atom. The van der Waals surface area contributed by atoms with E-state index in [-0.39, 0.29) is 6.03 Å². The number of fused-ring (bicyclic) bond motifs is 1. The molecule has 1 aromatic heterocycles. The molecule has 2 N–H and O–H groups in total. The summed E-state index contributed by atoms with van der Waals surface area (Å²) in [6, 6.07) is 25.8. The lowest BCUT2D eigenvalue weighted by Crippen LogP contribution is -2.47. The van der Waals surface area contributed by atoms with E-state index < -0.39 is 0 Å². The summed E-state index contributed by atoms with van der Waals surface area (Å²) in [4.78, 5) is 22.2.